The van der Waals surface area contributed by atoms with E-state index >= 15 is 0 Å². The zero-order chi connectivity index (χ0) is 26.0. The molecule has 0 aliphatic heterocycles. The van der Waals surface area contributed by atoms with Crippen molar-refractivity contribution in [1.29, 1.82) is 0 Å². The van der Waals surface area contributed by atoms with E-state index in [0.29, 0.717) is 13.0 Å². The molecule has 0 spiro atoms. The molecule has 0 heterocycles. The summed E-state index contributed by atoms with van der Waals surface area (Å²) in [6.07, 6.45) is 26.3. The molecule has 0 saturated heterocycles. The molecule has 0 atom stereocenters. The van der Waals surface area contributed by atoms with Crippen molar-refractivity contribution in [3.63, 3.8) is 0 Å². The monoisotopic (exact) mass is 492 g/mol. The minimum Gasteiger partial charge on any atom is -0.463 e. The molecular formula is C31H58NO3+. The first-order chi connectivity index (χ1) is 17.0. The quantitative estimate of drug-likeness (QED) is 0.0400. The molecule has 0 rings (SSSR count). The molecular weight excluding hydrogens is 434 g/mol. The van der Waals surface area contributed by atoms with E-state index in [1.54, 1.807) is 0 Å². The highest BCUT2D eigenvalue weighted by atomic mass is 16.5. The lowest BCUT2D eigenvalue weighted by atomic mass is 10.0. The third kappa shape index (κ3) is 20.5. The van der Waals surface area contributed by atoms with E-state index in [0.717, 1.165) is 43.5 Å². The van der Waals surface area contributed by atoms with Crippen LogP contribution in [0.25, 0.3) is 0 Å². The van der Waals surface area contributed by atoms with Gasteiger partial charge in [0.1, 0.15) is 0 Å². The van der Waals surface area contributed by atoms with Crippen LogP contribution in [0, 0.1) is 0 Å². The fraction of sp³-hybridized carbons (Fsp3) is 0.806. The number of allylic oxidation sites excluding steroid dienone is 1. The number of carbonyl (C=O) groups is 2. The molecule has 0 bridgehead atoms. The minimum atomic E-state index is -0.405. The maximum atomic E-state index is 12.1. The number of ether oxygens (including phenoxy) is 1. The van der Waals surface area contributed by atoms with Crippen LogP contribution in [-0.4, -0.2) is 49.0 Å². The van der Waals surface area contributed by atoms with Crippen LogP contribution in [0.15, 0.2) is 24.8 Å². The Morgan fingerprint density at radius 1 is 0.686 bits per heavy atom. The zero-order valence-corrected chi connectivity index (χ0v) is 23.7. The standard InChI is InChI=1S/C31H58NO3/c1-5-9-10-11-12-13-14-15-16-17-18-19-20-21-22-23-29-35-31(34)25-24-30(33)26-28-32(7-3,8-4)27-6-2/h6,24-25H,2,5,7-23,26-29H2,1,3-4H3/q+1/b25-24-. The maximum absolute atomic E-state index is 12.1. The number of unbranched alkanes of at least 4 members (excludes halogenated alkanes) is 15. The van der Waals surface area contributed by atoms with Crippen molar-refractivity contribution in [3.05, 3.63) is 24.8 Å². The molecule has 0 aromatic carbocycles. The van der Waals surface area contributed by atoms with Gasteiger partial charge < -0.3 is 9.22 Å². The Morgan fingerprint density at radius 2 is 1.14 bits per heavy atom. The van der Waals surface area contributed by atoms with E-state index < -0.39 is 5.97 Å². The zero-order valence-electron chi connectivity index (χ0n) is 23.7. The predicted octanol–water partition coefficient (Wildman–Crippen LogP) is 8.35. The SMILES string of the molecule is C=CC[N+](CC)(CC)CCC(=O)/C=C\C(=O)OCCCCCCCCCCCCCCCCCC. The van der Waals surface area contributed by atoms with Crippen LogP contribution in [0.3, 0.4) is 0 Å². The molecule has 0 saturated carbocycles. The number of likely N-dealkylation sites (N-methyl/N-ethyl adjacent to an activating group) is 1. The van der Waals surface area contributed by atoms with E-state index in [2.05, 4.69) is 27.4 Å². The normalized spacial score (nSPS) is 11.7. The average Bonchev–Trinajstić information content (AvgIpc) is 2.87. The first kappa shape index (κ1) is 33.6. The van der Waals surface area contributed by atoms with Crippen LogP contribution in [0.5, 0.6) is 0 Å². The van der Waals surface area contributed by atoms with Gasteiger partial charge in [-0.25, -0.2) is 4.79 Å². The van der Waals surface area contributed by atoms with E-state index in [1.807, 2.05) is 6.08 Å². The van der Waals surface area contributed by atoms with Crippen molar-refractivity contribution in [2.45, 2.75) is 130 Å². The Hall–Kier alpha value is -1.42. The molecule has 0 aromatic rings. The second-order valence-corrected chi connectivity index (χ2v) is 10.2. The van der Waals surface area contributed by atoms with Crippen LogP contribution in [0.1, 0.15) is 130 Å². The summed E-state index contributed by atoms with van der Waals surface area (Å²) >= 11 is 0. The van der Waals surface area contributed by atoms with Crippen molar-refractivity contribution >= 4 is 11.8 Å². The Bertz CT molecular complexity index is 551. The molecule has 4 nitrogen and oxygen atoms in total. The Balaban J connectivity index is 3.58. The molecule has 0 radical (unpaired) electrons. The van der Waals surface area contributed by atoms with Crippen LogP contribution < -0.4 is 0 Å². The van der Waals surface area contributed by atoms with Gasteiger partial charge in [-0.3, -0.25) is 4.79 Å². The Labute approximate surface area is 218 Å². The summed E-state index contributed by atoms with van der Waals surface area (Å²) in [6.45, 7) is 14.4. The lowest BCUT2D eigenvalue weighted by Crippen LogP contribution is -2.48. The predicted molar refractivity (Wildman–Crippen MR) is 151 cm³/mol. The highest BCUT2D eigenvalue weighted by Gasteiger charge is 2.21. The van der Waals surface area contributed by atoms with E-state index in [1.165, 1.54) is 102 Å². The lowest BCUT2D eigenvalue weighted by molar-refractivity contribution is -0.918. The highest BCUT2D eigenvalue weighted by Crippen LogP contribution is 2.14. The third-order valence-corrected chi connectivity index (χ3v) is 7.34. The van der Waals surface area contributed by atoms with Gasteiger partial charge in [0.05, 0.1) is 39.2 Å². The number of hydrogen-bond acceptors (Lipinski definition) is 3. The molecule has 0 amide bonds. The number of rotatable bonds is 26. The van der Waals surface area contributed by atoms with Gasteiger partial charge in [0.15, 0.2) is 5.78 Å². The molecule has 0 fully saturated rings. The van der Waals surface area contributed by atoms with Gasteiger partial charge in [0, 0.05) is 6.08 Å². The second kappa shape index (κ2) is 24.3. The topological polar surface area (TPSA) is 43.4 Å². The number of quaternary nitrogens is 1. The van der Waals surface area contributed by atoms with E-state index in [4.69, 9.17) is 4.74 Å². The molecule has 0 aliphatic rings. The summed E-state index contributed by atoms with van der Waals surface area (Å²) in [7, 11) is 0. The maximum Gasteiger partial charge on any atom is 0.330 e. The van der Waals surface area contributed by atoms with Crippen LogP contribution in [0.2, 0.25) is 0 Å². The van der Waals surface area contributed by atoms with E-state index in [-0.39, 0.29) is 5.78 Å². The summed E-state index contributed by atoms with van der Waals surface area (Å²) in [6, 6.07) is 0. The first-order valence-electron chi connectivity index (χ1n) is 14.9. The summed E-state index contributed by atoms with van der Waals surface area (Å²) in [4.78, 5) is 24.0. The fourth-order valence-corrected chi connectivity index (χ4v) is 4.63. The van der Waals surface area contributed by atoms with Crippen molar-refractivity contribution in [2.75, 3.05) is 32.8 Å². The Kier molecular flexibility index (Phi) is 23.3. The van der Waals surface area contributed by atoms with Crippen molar-refractivity contribution in [2.24, 2.45) is 0 Å². The Morgan fingerprint density at radius 3 is 1.57 bits per heavy atom. The van der Waals surface area contributed by atoms with Crippen LogP contribution in [0.4, 0.5) is 0 Å². The largest absolute Gasteiger partial charge is 0.463 e. The van der Waals surface area contributed by atoms with Crippen molar-refractivity contribution in [1.82, 2.24) is 0 Å². The van der Waals surface area contributed by atoms with Crippen LogP contribution >= 0.6 is 0 Å². The van der Waals surface area contributed by atoms with Gasteiger partial charge in [-0.2, -0.15) is 0 Å². The van der Waals surface area contributed by atoms with E-state index in [9.17, 15) is 9.59 Å². The third-order valence-electron chi connectivity index (χ3n) is 7.34. The molecule has 0 N–H and O–H groups in total. The molecule has 0 unspecified atom stereocenters. The van der Waals surface area contributed by atoms with Gasteiger partial charge in [0.2, 0.25) is 0 Å². The molecule has 4 heteroatoms. The summed E-state index contributed by atoms with van der Waals surface area (Å²) in [5.41, 5.74) is 0. The number of nitrogens with zero attached hydrogens (tertiary/aromatic N) is 1. The summed E-state index contributed by atoms with van der Waals surface area (Å²) in [5, 5.41) is 0. The summed E-state index contributed by atoms with van der Waals surface area (Å²) < 4.78 is 6.10. The minimum absolute atomic E-state index is 0.0159. The molecule has 204 valence electrons. The van der Waals surface area contributed by atoms with Gasteiger partial charge in [-0.05, 0) is 32.4 Å². The second-order valence-electron chi connectivity index (χ2n) is 10.2. The summed E-state index contributed by atoms with van der Waals surface area (Å²) in [5.74, 6) is -0.421. The fourth-order valence-electron chi connectivity index (χ4n) is 4.63. The van der Waals surface area contributed by atoms with Gasteiger partial charge in [-0.1, -0.05) is 110 Å². The molecule has 35 heavy (non-hydrogen) atoms. The van der Waals surface area contributed by atoms with Crippen molar-refractivity contribution in [3.8, 4) is 0 Å². The smallest absolute Gasteiger partial charge is 0.330 e. The van der Waals surface area contributed by atoms with Gasteiger partial charge in [-0.15, -0.1) is 0 Å². The van der Waals surface area contributed by atoms with Gasteiger partial charge in [0.25, 0.3) is 0 Å². The van der Waals surface area contributed by atoms with Crippen molar-refractivity contribution < 1.29 is 18.8 Å². The van der Waals surface area contributed by atoms with Crippen LogP contribution in [-0.2, 0) is 14.3 Å². The molecule has 0 aromatic heterocycles. The number of hydrogen-bond donors (Lipinski definition) is 0. The number of carbonyl (C=O) groups excluding carboxylic acids is 2. The van der Waals surface area contributed by atoms with Gasteiger partial charge >= 0.3 is 5.97 Å². The first-order valence-corrected chi connectivity index (χ1v) is 14.9. The average molecular weight is 493 g/mol. The lowest BCUT2D eigenvalue weighted by Gasteiger charge is -2.35. The molecule has 0 aliphatic carbocycles. The highest BCUT2D eigenvalue weighted by molar-refractivity contribution is 5.95. The number of ketones is 1. The number of esters is 1.